The quantitative estimate of drug-likeness (QED) is 0.725. The summed E-state index contributed by atoms with van der Waals surface area (Å²) in [6.45, 7) is 11.9. The number of rotatable bonds is 6. The molecule has 3 nitrogen and oxygen atoms in total. The number of nitrogens with zero attached hydrogens (tertiary/aromatic N) is 2. The van der Waals surface area contributed by atoms with Gasteiger partial charge in [-0.3, -0.25) is 0 Å². The molecule has 0 bridgehead atoms. The van der Waals surface area contributed by atoms with E-state index in [-0.39, 0.29) is 0 Å². The molecule has 2 N–H and O–H groups in total. The first-order valence-electron chi connectivity index (χ1n) is 6.50. The molecule has 0 aliphatic heterocycles. The third-order valence-corrected chi connectivity index (χ3v) is 3.63. The first kappa shape index (κ1) is 16.4. The summed E-state index contributed by atoms with van der Waals surface area (Å²) in [6.07, 6.45) is 2.90. The standard InChI is InChI=1S/C14H29N3/c1-12(13(2,3)4)17(6)10-8-7-9-14(5,16)11-15/h12H,7-10,16H2,1-6H3. The van der Waals surface area contributed by atoms with Crippen LogP contribution < -0.4 is 5.73 Å². The van der Waals surface area contributed by atoms with E-state index in [0.717, 1.165) is 25.8 Å². The molecule has 0 rings (SSSR count). The van der Waals surface area contributed by atoms with Crippen molar-refractivity contribution in [2.45, 2.75) is 65.5 Å². The van der Waals surface area contributed by atoms with Crippen LogP contribution in [0.3, 0.4) is 0 Å². The van der Waals surface area contributed by atoms with Gasteiger partial charge in [-0.2, -0.15) is 5.26 Å². The van der Waals surface area contributed by atoms with E-state index in [9.17, 15) is 0 Å². The number of nitriles is 1. The summed E-state index contributed by atoms with van der Waals surface area (Å²) in [5, 5.41) is 8.81. The van der Waals surface area contributed by atoms with E-state index in [2.05, 4.69) is 45.7 Å². The SMILES string of the molecule is CC(N(C)CCCCC(C)(N)C#N)C(C)(C)C. The highest BCUT2D eigenvalue weighted by Crippen LogP contribution is 2.23. The third kappa shape index (κ3) is 6.65. The zero-order valence-electron chi connectivity index (χ0n) is 12.4. The molecule has 0 heterocycles. The lowest BCUT2D eigenvalue weighted by Gasteiger charge is -2.35. The minimum Gasteiger partial charge on any atom is -0.314 e. The Labute approximate surface area is 107 Å². The van der Waals surface area contributed by atoms with Crippen LogP contribution in [0.5, 0.6) is 0 Å². The molecular weight excluding hydrogens is 210 g/mol. The van der Waals surface area contributed by atoms with E-state index in [1.807, 2.05) is 0 Å². The number of hydrogen-bond donors (Lipinski definition) is 1. The zero-order valence-corrected chi connectivity index (χ0v) is 12.4. The van der Waals surface area contributed by atoms with Crippen molar-refractivity contribution in [1.82, 2.24) is 4.90 Å². The average Bonchev–Trinajstić information content (AvgIpc) is 2.21. The van der Waals surface area contributed by atoms with Crippen LogP contribution in [0.1, 0.15) is 53.9 Å². The Balaban J connectivity index is 3.88. The largest absolute Gasteiger partial charge is 0.314 e. The van der Waals surface area contributed by atoms with Gasteiger partial charge in [0.25, 0.3) is 0 Å². The van der Waals surface area contributed by atoms with E-state index in [1.165, 1.54) is 0 Å². The maximum atomic E-state index is 8.81. The first-order valence-corrected chi connectivity index (χ1v) is 6.50. The topological polar surface area (TPSA) is 53.0 Å². The van der Waals surface area contributed by atoms with E-state index in [1.54, 1.807) is 6.92 Å². The molecule has 2 atom stereocenters. The molecule has 0 radical (unpaired) electrons. The second kappa shape index (κ2) is 6.37. The van der Waals surface area contributed by atoms with Crippen molar-refractivity contribution >= 4 is 0 Å². The van der Waals surface area contributed by atoms with Crippen molar-refractivity contribution < 1.29 is 0 Å². The van der Waals surface area contributed by atoms with Gasteiger partial charge in [-0.15, -0.1) is 0 Å². The van der Waals surface area contributed by atoms with Gasteiger partial charge < -0.3 is 10.6 Å². The summed E-state index contributed by atoms with van der Waals surface area (Å²) in [5.41, 5.74) is 5.44. The second-order valence-corrected chi connectivity index (χ2v) is 6.51. The highest BCUT2D eigenvalue weighted by molar-refractivity contribution is 5.00. The normalized spacial score (nSPS) is 17.6. The van der Waals surface area contributed by atoms with E-state index < -0.39 is 5.54 Å². The minimum atomic E-state index is -0.659. The highest BCUT2D eigenvalue weighted by atomic mass is 15.1. The molecule has 2 unspecified atom stereocenters. The molecule has 0 saturated carbocycles. The number of unbranched alkanes of at least 4 members (excludes halogenated alkanes) is 1. The monoisotopic (exact) mass is 239 g/mol. The van der Waals surface area contributed by atoms with Crippen molar-refractivity contribution in [1.29, 1.82) is 5.26 Å². The van der Waals surface area contributed by atoms with E-state index in [0.29, 0.717) is 11.5 Å². The molecule has 3 heteroatoms. The van der Waals surface area contributed by atoms with Crippen LogP contribution in [0, 0.1) is 16.7 Å². The summed E-state index contributed by atoms with van der Waals surface area (Å²) >= 11 is 0. The molecule has 0 aromatic carbocycles. The Hall–Kier alpha value is -0.590. The lowest BCUT2D eigenvalue weighted by atomic mass is 9.87. The lowest BCUT2D eigenvalue weighted by Crippen LogP contribution is -2.40. The van der Waals surface area contributed by atoms with Crippen LogP contribution in [-0.4, -0.2) is 30.1 Å². The Bertz CT molecular complexity index is 258. The molecule has 0 aliphatic rings. The molecule has 0 aliphatic carbocycles. The van der Waals surface area contributed by atoms with Crippen LogP contribution in [0.25, 0.3) is 0 Å². The van der Waals surface area contributed by atoms with Crippen molar-refractivity contribution in [3.8, 4) is 6.07 Å². The van der Waals surface area contributed by atoms with Crippen molar-refractivity contribution in [2.75, 3.05) is 13.6 Å². The van der Waals surface area contributed by atoms with Crippen molar-refractivity contribution in [3.63, 3.8) is 0 Å². The van der Waals surface area contributed by atoms with Gasteiger partial charge in [-0.1, -0.05) is 20.8 Å². The number of nitrogens with two attached hydrogens (primary N) is 1. The third-order valence-electron chi connectivity index (χ3n) is 3.63. The van der Waals surface area contributed by atoms with Crippen LogP contribution >= 0.6 is 0 Å². The molecule has 0 spiro atoms. The zero-order chi connectivity index (χ0) is 13.7. The van der Waals surface area contributed by atoms with Crippen LogP contribution in [0.15, 0.2) is 0 Å². The summed E-state index contributed by atoms with van der Waals surface area (Å²) < 4.78 is 0. The maximum Gasteiger partial charge on any atom is 0.101 e. The fourth-order valence-electron chi connectivity index (χ4n) is 1.76. The Morgan fingerprint density at radius 1 is 1.24 bits per heavy atom. The molecule has 0 aromatic rings. The Kier molecular flexibility index (Phi) is 6.15. The van der Waals surface area contributed by atoms with E-state index in [4.69, 9.17) is 11.0 Å². The Morgan fingerprint density at radius 3 is 2.18 bits per heavy atom. The second-order valence-electron chi connectivity index (χ2n) is 6.51. The fraction of sp³-hybridized carbons (Fsp3) is 0.929. The van der Waals surface area contributed by atoms with Crippen LogP contribution in [0.4, 0.5) is 0 Å². The fourth-order valence-corrected chi connectivity index (χ4v) is 1.76. The van der Waals surface area contributed by atoms with Gasteiger partial charge >= 0.3 is 0 Å². The molecule has 100 valence electrons. The molecule has 0 fully saturated rings. The van der Waals surface area contributed by atoms with Gasteiger partial charge in [-0.05, 0) is 52.1 Å². The summed E-state index contributed by atoms with van der Waals surface area (Å²) in [4.78, 5) is 2.39. The molecule has 17 heavy (non-hydrogen) atoms. The van der Waals surface area contributed by atoms with Gasteiger partial charge in [0.2, 0.25) is 0 Å². The van der Waals surface area contributed by atoms with Gasteiger partial charge in [0.15, 0.2) is 0 Å². The predicted octanol–water partition coefficient (Wildman–Crippen LogP) is 2.76. The van der Waals surface area contributed by atoms with Crippen molar-refractivity contribution in [3.05, 3.63) is 0 Å². The van der Waals surface area contributed by atoms with Gasteiger partial charge in [0.1, 0.15) is 5.54 Å². The van der Waals surface area contributed by atoms with Crippen molar-refractivity contribution in [2.24, 2.45) is 11.1 Å². The van der Waals surface area contributed by atoms with Gasteiger partial charge in [-0.25, -0.2) is 0 Å². The smallest absolute Gasteiger partial charge is 0.101 e. The van der Waals surface area contributed by atoms with Crippen LogP contribution in [-0.2, 0) is 0 Å². The molecule has 0 aromatic heterocycles. The first-order chi connectivity index (χ1) is 7.60. The minimum absolute atomic E-state index is 0.309. The van der Waals surface area contributed by atoms with E-state index >= 15 is 0 Å². The number of hydrogen-bond acceptors (Lipinski definition) is 3. The van der Waals surface area contributed by atoms with Crippen LogP contribution in [0.2, 0.25) is 0 Å². The summed E-state index contributed by atoms with van der Waals surface area (Å²) in [6, 6.07) is 2.70. The highest BCUT2D eigenvalue weighted by Gasteiger charge is 2.23. The molecule has 0 saturated heterocycles. The maximum absolute atomic E-state index is 8.81. The molecule has 0 amide bonds. The average molecular weight is 239 g/mol. The summed E-state index contributed by atoms with van der Waals surface area (Å²) in [5.74, 6) is 0. The predicted molar refractivity (Wildman–Crippen MR) is 73.6 cm³/mol. The summed E-state index contributed by atoms with van der Waals surface area (Å²) in [7, 11) is 2.17. The molecular formula is C14H29N3. The lowest BCUT2D eigenvalue weighted by molar-refractivity contribution is 0.138. The van der Waals surface area contributed by atoms with Gasteiger partial charge in [0.05, 0.1) is 6.07 Å². The Morgan fingerprint density at radius 2 is 1.76 bits per heavy atom. The van der Waals surface area contributed by atoms with Gasteiger partial charge in [0, 0.05) is 6.04 Å².